The van der Waals surface area contributed by atoms with Crippen molar-refractivity contribution in [3.63, 3.8) is 0 Å². The van der Waals surface area contributed by atoms with Gasteiger partial charge in [-0.3, -0.25) is 4.98 Å². The molecule has 2 radical (unpaired) electrons. The van der Waals surface area contributed by atoms with E-state index in [1.807, 2.05) is 26.1 Å². The minimum Gasteiger partial charge on any atom is -0.261 e. The molecule has 2 aromatic carbocycles. The van der Waals surface area contributed by atoms with Crippen LogP contribution in [0.5, 0.6) is 0 Å². The first-order valence-electron chi connectivity index (χ1n) is 7.87. The van der Waals surface area contributed by atoms with E-state index in [0.717, 1.165) is 16.8 Å². The largest absolute Gasteiger partial charge is 0.261 e. The van der Waals surface area contributed by atoms with Crippen LogP contribution in [-0.4, -0.2) is 12.8 Å². The Morgan fingerprint density at radius 2 is 1.30 bits per heavy atom. The minimum absolute atomic E-state index is 0.417. The van der Waals surface area contributed by atoms with Crippen LogP contribution in [0, 0.1) is 6.92 Å². The number of nitrogens with zero attached hydrogens (tertiary/aromatic N) is 1. The lowest BCUT2D eigenvalue weighted by atomic mass is 9.68. The summed E-state index contributed by atoms with van der Waals surface area (Å²) in [6, 6.07) is 21.2. The van der Waals surface area contributed by atoms with E-state index in [1.54, 1.807) is 0 Å². The van der Waals surface area contributed by atoms with E-state index in [2.05, 4.69) is 66.5 Å². The molecule has 0 bridgehead atoms. The molecule has 0 spiro atoms. The molecule has 0 saturated carbocycles. The van der Waals surface area contributed by atoms with Crippen LogP contribution in [0.3, 0.4) is 0 Å². The van der Waals surface area contributed by atoms with Crippen LogP contribution in [0.2, 0.25) is 0 Å². The second-order valence-electron chi connectivity index (χ2n) is 6.55. The van der Waals surface area contributed by atoms with Crippen LogP contribution in [0.25, 0.3) is 22.3 Å². The van der Waals surface area contributed by atoms with E-state index in [4.69, 9.17) is 7.85 Å². The van der Waals surface area contributed by atoms with Crippen molar-refractivity contribution in [2.75, 3.05) is 0 Å². The fraction of sp³-hybridized carbons (Fsp3) is 0.190. The molecule has 23 heavy (non-hydrogen) atoms. The van der Waals surface area contributed by atoms with Gasteiger partial charge in [0.15, 0.2) is 0 Å². The average Bonchev–Trinajstić information content (AvgIpc) is 2.54. The summed E-state index contributed by atoms with van der Waals surface area (Å²) in [5, 5.41) is -0.417. The van der Waals surface area contributed by atoms with Crippen molar-refractivity contribution in [2.24, 2.45) is 0 Å². The van der Waals surface area contributed by atoms with Gasteiger partial charge < -0.3 is 0 Å². The molecule has 0 unspecified atom stereocenters. The van der Waals surface area contributed by atoms with Crippen molar-refractivity contribution < 1.29 is 0 Å². The molecule has 0 aliphatic rings. The Morgan fingerprint density at radius 1 is 0.783 bits per heavy atom. The second kappa shape index (κ2) is 6.04. The highest BCUT2D eigenvalue weighted by atomic mass is 14.7. The fourth-order valence-corrected chi connectivity index (χ4v) is 2.89. The molecule has 0 amide bonds. The highest BCUT2D eigenvalue weighted by Crippen LogP contribution is 2.27. The van der Waals surface area contributed by atoms with Crippen molar-refractivity contribution >= 4 is 7.85 Å². The summed E-state index contributed by atoms with van der Waals surface area (Å²) >= 11 is 0. The predicted octanol–water partition coefficient (Wildman–Crippen LogP) is 5.13. The number of benzene rings is 2. The third-order valence-corrected chi connectivity index (χ3v) is 4.01. The highest BCUT2D eigenvalue weighted by molar-refractivity contribution is 6.15. The molecule has 0 N–H and O–H groups in total. The first kappa shape index (κ1) is 15.5. The van der Waals surface area contributed by atoms with Gasteiger partial charge >= 0.3 is 0 Å². The molecule has 0 atom stereocenters. The molecule has 0 aliphatic carbocycles. The van der Waals surface area contributed by atoms with Gasteiger partial charge in [-0.15, -0.1) is 0 Å². The van der Waals surface area contributed by atoms with Gasteiger partial charge in [-0.1, -0.05) is 68.4 Å². The van der Waals surface area contributed by atoms with Crippen LogP contribution in [-0.2, 0) is 5.31 Å². The van der Waals surface area contributed by atoms with E-state index in [9.17, 15) is 0 Å². The lowest BCUT2D eigenvalue weighted by molar-refractivity contribution is 0.722. The Hall–Kier alpha value is -2.35. The molecule has 3 rings (SSSR count). The van der Waals surface area contributed by atoms with Gasteiger partial charge in [-0.05, 0) is 40.6 Å². The van der Waals surface area contributed by atoms with E-state index < -0.39 is 5.31 Å². The van der Waals surface area contributed by atoms with Gasteiger partial charge in [-0.2, -0.15) is 0 Å². The summed E-state index contributed by atoms with van der Waals surface area (Å²) in [6.07, 6.45) is 1.91. The maximum atomic E-state index is 6.17. The van der Waals surface area contributed by atoms with Crippen molar-refractivity contribution in [2.45, 2.75) is 26.1 Å². The Balaban J connectivity index is 1.93. The van der Waals surface area contributed by atoms with Crippen LogP contribution >= 0.6 is 0 Å². The van der Waals surface area contributed by atoms with Gasteiger partial charge in [0.25, 0.3) is 0 Å². The summed E-state index contributed by atoms with van der Waals surface area (Å²) in [5.41, 5.74) is 6.81. The third kappa shape index (κ3) is 3.37. The maximum Gasteiger partial charge on any atom is 0.0824 e. The van der Waals surface area contributed by atoms with E-state index in [-0.39, 0.29) is 0 Å². The summed E-state index contributed by atoms with van der Waals surface area (Å²) in [5.74, 6) is 0. The minimum atomic E-state index is -0.417. The van der Waals surface area contributed by atoms with Crippen molar-refractivity contribution in [3.05, 3.63) is 78.1 Å². The monoisotopic (exact) mass is 297 g/mol. The number of rotatable bonds is 3. The van der Waals surface area contributed by atoms with Crippen LogP contribution in [0.15, 0.2) is 66.9 Å². The van der Waals surface area contributed by atoms with Gasteiger partial charge in [0.1, 0.15) is 0 Å². The molecule has 1 nitrogen and oxygen atoms in total. The van der Waals surface area contributed by atoms with Crippen molar-refractivity contribution in [1.82, 2.24) is 4.98 Å². The van der Waals surface area contributed by atoms with Crippen LogP contribution in [0.4, 0.5) is 0 Å². The maximum absolute atomic E-state index is 6.17. The zero-order chi connectivity index (χ0) is 16.4. The molecule has 0 aliphatic heterocycles. The fourth-order valence-electron chi connectivity index (χ4n) is 2.89. The van der Waals surface area contributed by atoms with E-state index in [0.29, 0.717) is 0 Å². The Labute approximate surface area is 139 Å². The highest BCUT2D eigenvalue weighted by Gasteiger charge is 2.17. The SMILES string of the molecule is [B]C(C)(C)c1ncc(-c2ccc(-c3ccccc3)cc2)cc1C. The normalized spacial score (nSPS) is 11.4. The number of hydrogen-bond donors (Lipinski definition) is 0. The van der Waals surface area contributed by atoms with Crippen molar-refractivity contribution in [3.8, 4) is 22.3 Å². The Morgan fingerprint density at radius 3 is 1.83 bits per heavy atom. The lowest BCUT2D eigenvalue weighted by Gasteiger charge is -2.21. The first-order chi connectivity index (χ1) is 10.9. The molecule has 0 saturated heterocycles. The predicted molar refractivity (Wildman–Crippen MR) is 98.6 cm³/mol. The molecule has 0 fully saturated rings. The van der Waals surface area contributed by atoms with Gasteiger partial charge in [-0.25, -0.2) is 0 Å². The second-order valence-corrected chi connectivity index (χ2v) is 6.55. The molecular weight excluding hydrogens is 277 g/mol. The average molecular weight is 297 g/mol. The zero-order valence-corrected chi connectivity index (χ0v) is 13.9. The van der Waals surface area contributed by atoms with Crippen LogP contribution < -0.4 is 0 Å². The molecule has 3 aromatic rings. The van der Waals surface area contributed by atoms with Crippen LogP contribution in [0.1, 0.15) is 25.1 Å². The van der Waals surface area contributed by atoms with Crippen molar-refractivity contribution in [1.29, 1.82) is 0 Å². The standard InChI is InChI=1S/C21H20BN/c1-15-13-19(14-23-20(15)21(2,3)22)18-11-9-17(10-12-18)16-7-5-4-6-8-16/h4-14H,1-3H3. The van der Waals surface area contributed by atoms with E-state index in [1.165, 1.54) is 16.7 Å². The summed E-state index contributed by atoms with van der Waals surface area (Å²) in [4.78, 5) is 4.58. The number of pyridine rings is 1. The molecule has 1 aromatic heterocycles. The van der Waals surface area contributed by atoms with E-state index >= 15 is 0 Å². The molecular formula is C21H20BN. The smallest absolute Gasteiger partial charge is 0.0824 e. The first-order valence-corrected chi connectivity index (χ1v) is 7.87. The molecule has 1 heterocycles. The Kier molecular flexibility index (Phi) is 4.08. The molecule has 2 heteroatoms. The number of aryl methyl sites for hydroxylation is 1. The van der Waals surface area contributed by atoms with Gasteiger partial charge in [0.2, 0.25) is 0 Å². The summed E-state index contributed by atoms with van der Waals surface area (Å²) in [7, 11) is 6.17. The summed E-state index contributed by atoms with van der Waals surface area (Å²) in [6.45, 7) is 6.03. The third-order valence-electron chi connectivity index (χ3n) is 4.01. The number of aromatic nitrogens is 1. The lowest BCUT2D eigenvalue weighted by Crippen LogP contribution is -2.20. The summed E-state index contributed by atoms with van der Waals surface area (Å²) < 4.78 is 0. The zero-order valence-electron chi connectivity index (χ0n) is 13.9. The van der Waals surface area contributed by atoms with Gasteiger partial charge in [0, 0.05) is 17.5 Å². The van der Waals surface area contributed by atoms with Gasteiger partial charge in [0.05, 0.1) is 7.85 Å². The molecule has 112 valence electrons. The Bertz CT molecular complexity index is 799. The topological polar surface area (TPSA) is 12.9 Å². The number of hydrogen-bond acceptors (Lipinski definition) is 1. The quantitative estimate of drug-likeness (QED) is 0.611.